The van der Waals surface area contributed by atoms with E-state index in [4.69, 9.17) is 5.73 Å². The molecule has 0 spiro atoms. The molecule has 0 fully saturated rings. The van der Waals surface area contributed by atoms with Crippen molar-refractivity contribution in [1.82, 2.24) is 4.98 Å². The van der Waals surface area contributed by atoms with Gasteiger partial charge in [0.2, 0.25) is 0 Å². The number of hydrogen-bond donors (Lipinski definition) is 1. The Labute approximate surface area is 109 Å². The highest BCUT2D eigenvalue weighted by Gasteiger charge is 2.26. The maximum Gasteiger partial charge on any atom is 0.299 e. The molecule has 2 rings (SSSR count). The van der Waals surface area contributed by atoms with Crippen LogP contribution in [0.5, 0.6) is 0 Å². The maximum atomic E-state index is 11.3. The third-order valence-corrected chi connectivity index (χ3v) is 4.09. The van der Waals surface area contributed by atoms with E-state index in [0.717, 1.165) is 11.1 Å². The Morgan fingerprint density at radius 1 is 1.56 bits per heavy atom. The van der Waals surface area contributed by atoms with E-state index < -0.39 is 0 Å². The molecule has 2 atom stereocenters. The molecule has 5 nitrogen and oxygen atoms in total. The van der Waals surface area contributed by atoms with Crippen molar-refractivity contribution in [3.05, 3.63) is 33.3 Å². The molecule has 0 saturated heterocycles. The van der Waals surface area contributed by atoms with E-state index in [1.807, 2.05) is 19.9 Å². The van der Waals surface area contributed by atoms with Crippen molar-refractivity contribution in [2.24, 2.45) is 5.73 Å². The van der Waals surface area contributed by atoms with Crippen LogP contribution in [0.3, 0.4) is 0 Å². The summed E-state index contributed by atoms with van der Waals surface area (Å²) in [5.41, 5.74) is 8.87. The van der Waals surface area contributed by atoms with Gasteiger partial charge < -0.3 is 5.73 Å². The summed E-state index contributed by atoms with van der Waals surface area (Å²) >= 11 is 1.41. The highest BCUT2D eigenvalue weighted by molar-refractivity contribution is 7.16. The van der Waals surface area contributed by atoms with Crippen LogP contribution in [0, 0.1) is 10.1 Å². The zero-order valence-electron chi connectivity index (χ0n) is 10.3. The minimum atomic E-state index is -0.351. The Bertz CT molecular complexity index is 582. The second-order valence-electron chi connectivity index (χ2n) is 4.32. The van der Waals surface area contributed by atoms with Gasteiger partial charge in [0.25, 0.3) is 5.69 Å². The monoisotopic (exact) mass is 265 g/mol. The van der Waals surface area contributed by atoms with Gasteiger partial charge in [-0.3, -0.25) is 10.1 Å². The molecule has 1 aromatic carbocycles. The molecule has 0 aliphatic rings. The summed E-state index contributed by atoms with van der Waals surface area (Å²) in [4.78, 5) is 15.0. The normalized spacial score (nSPS) is 14.6. The lowest BCUT2D eigenvalue weighted by Crippen LogP contribution is -2.26. The first-order chi connectivity index (χ1) is 8.56. The molecular formula is C12H15N3O2S. The van der Waals surface area contributed by atoms with Crippen LogP contribution in [0.4, 0.5) is 5.69 Å². The summed E-state index contributed by atoms with van der Waals surface area (Å²) in [5.74, 6) is -0.0542. The number of hydrogen-bond acceptors (Lipinski definition) is 5. The van der Waals surface area contributed by atoms with Gasteiger partial charge in [0, 0.05) is 17.5 Å². The molecule has 0 saturated carbocycles. The first-order valence-electron chi connectivity index (χ1n) is 5.82. The largest absolute Gasteiger partial charge is 0.327 e. The summed E-state index contributed by atoms with van der Waals surface area (Å²) in [5, 5.41) is 11.3. The van der Waals surface area contributed by atoms with Gasteiger partial charge in [-0.15, -0.1) is 11.3 Å². The topological polar surface area (TPSA) is 82.0 Å². The van der Waals surface area contributed by atoms with Gasteiger partial charge in [0.15, 0.2) is 5.52 Å². The van der Waals surface area contributed by atoms with Crippen LogP contribution in [-0.2, 0) is 0 Å². The second kappa shape index (κ2) is 4.99. The van der Waals surface area contributed by atoms with Crippen molar-refractivity contribution in [2.45, 2.75) is 32.2 Å². The number of nitrogens with two attached hydrogens (primary N) is 1. The summed E-state index contributed by atoms with van der Waals surface area (Å²) in [6, 6.07) is 3.60. The number of benzene rings is 1. The lowest BCUT2D eigenvalue weighted by Gasteiger charge is -2.18. The zero-order valence-corrected chi connectivity index (χ0v) is 11.1. The number of rotatable bonds is 4. The van der Waals surface area contributed by atoms with E-state index in [1.165, 1.54) is 11.3 Å². The van der Waals surface area contributed by atoms with Crippen LogP contribution >= 0.6 is 11.3 Å². The highest BCUT2D eigenvalue weighted by atomic mass is 32.1. The molecule has 2 unspecified atom stereocenters. The molecular weight excluding hydrogens is 250 g/mol. The van der Waals surface area contributed by atoms with Crippen LogP contribution in [0.25, 0.3) is 10.2 Å². The van der Waals surface area contributed by atoms with Crippen LogP contribution in [-0.4, -0.2) is 15.9 Å². The van der Waals surface area contributed by atoms with Gasteiger partial charge in [-0.25, -0.2) is 4.98 Å². The van der Waals surface area contributed by atoms with Gasteiger partial charge in [0.05, 0.1) is 15.1 Å². The number of thiazole rings is 1. The molecule has 0 aliphatic carbocycles. The first kappa shape index (κ1) is 12.9. The van der Waals surface area contributed by atoms with Crippen LogP contribution in [0.1, 0.15) is 31.7 Å². The quantitative estimate of drug-likeness (QED) is 0.680. The number of aromatic nitrogens is 1. The van der Waals surface area contributed by atoms with Gasteiger partial charge in [-0.05, 0) is 12.5 Å². The standard InChI is InChI=1S/C12H15N3O2S/c1-3-9(13)7(2)8-4-5-10-11(14-6-18-10)12(8)15(16)17/h4-7,9H,3,13H2,1-2H3. The SMILES string of the molecule is CCC(N)C(C)c1ccc2scnc2c1[N+](=O)[O-]. The van der Waals surface area contributed by atoms with E-state index in [1.54, 1.807) is 11.6 Å². The van der Waals surface area contributed by atoms with E-state index in [0.29, 0.717) is 11.1 Å². The minimum Gasteiger partial charge on any atom is -0.327 e. The van der Waals surface area contributed by atoms with Gasteiger partial charge in [0.1, 0.15) is 0 Å². The Morgan fingerprint density at radius 2 is 2.28 bits per heavy atom. The van der Waals surface area contributed by atoms with Crippen molar-refractivity contribution in [3.8, 4) is 0 Å². The molecule has 1 heterocycles. The Hall–Kier alpha value is -1.53. The fourth-order valence-corrected chi connectivity index (χ4v) is 2.76. The van der Waals surface area contributed by atoms with Crippen LogP contribution in [0.15, 0.2) is 17.6 Å². The molecule has 1 aromatic heterocycles. The average Bonchev–Trinajstić information content (AvgIpc) is 2.83. The van der Waals surface area contributed by atoms with Crippen molar-refractivity contribution >= 4 is 27.2 Å². The van der Waals surface area contributed by atoms with Crippen molar-refractivity contribution < 1.29 is 4.92 Å². The molecule has 6 heteroatoms. The van der Waals surface area contributed by atoms with E-state index in [2.05, 4.69) is 4.98 Å². The lowest BCUT2D eigenvalue weighted by atomic mass is 9.91. The summed E-state index contributed by atoms with van der Waals surface area (Å²) < 4.78 is 0.836. The van der Waals surface area contributed by atoms with Gasteiger partial charge in [-0.1, -0.05) is 19.9 Å². The van der Waals surface area contributed by atoms with E-state index in [9.17, 15) is 10.1 Å². The third kappa shape index (κ3) is 2.09. The number of nitro benzene ring substituents is 1. The molecule has 2 aromatic rings. The van der Waals surface area contributed by atoms with Gasteiger partial charge in [-0.2, -0.15) is 0 Å². The Balaban J connectivity index is 2.62. The smallest absolute Gasteiger partial charge is 0.299 e. The number of fused-ring (bicyclic) bond motifs is 1. The summed E-state index contributed by atoms with van der Waals surface area (Å²) in [6.45, 7) is 3.91. The molecule has 96 valence electrons. The maximum absolute atomic E-state index is 11.3. The summed E-state index contributed by atoms with van der Waals surface area (Å²) in [7, 11) is 0. The van der Waals surface area contributed by atoms with Crippen molar-refractivity contribution in [3.63, 3.8) is 0 Å². The fraction of sp³-hybridized carbons (Fsp3) is 0.417. The molecule has 0 aliphatic heterocycles. The Kier molecular flexibility index (Phi) is 3.58. The van der Waals surface area contributed by atoms with Crippen LogP contribution < -0.4 is 5.73 Å². The molecule has 18 heavy (non-hydrogen) atoms. The predicted molar refractivity (Wildman–Crippen MR) is 73.0 cm³/mol. The first-order valence-corrected chi connectivity index (χ1v) is 6.70. The lowest BCUT2D eigenvalue weighted by molar-refractivity contribution is -0.384. The molecule has 0 radical (unpaired) electrons. The van der Waals surface area contributed by atoms with Crippen LogP contribution in [0.2, 0.25) is 0 Å². The van der Waals surface area contributed by atoms with Crippen molar-refractivity contribution in [2.75, 3.05) is 0 Å². The average molecular weight is 265 g/mol. The molecule has 2 N–H and O–H groups in total. The zero-order chi connectivity index (χ0) is 13.3. The fourth-order valence-electron chi connectivity index (χ4n) is 2.08. The number of nitrogens with zero attached hydrogens (tertiary/aromatic N) is 2. The third-order valence-electron chi connectivity index (χ3n) is 3.29. The minimum absolute atomic E-state index is 0.0542. The Morgan fingerprint density at radius 3 is 2.89 bits per heavy atom. The highest BCUT2D eigenvalue weighted by Crippen LogP contribution is 2.36. The van der Waals surface area contributed by atoms with E-state index >= 15 is 0 Å². The van der Waals surface area contributed by atoms with E-state index in [-0.39, 0.29) is 22.6 Å². The molecule has 0 bridgehead atoms. The molecule has 0 amide bonds. The van der Waals surface area contributed by atoms with Gasteiger partial charge >= 0.3 is 0 Å². The van der Waals surface area contributed by atoms with Crippen molar-refractivity contribution in [1.29, 1.82) is 0 Å². The predicted octanol–water partition coefficient (Wildman–Crippen LogP) is 3.05. The summed E-state index contributed by atoms with van der Waals surface area (Å²) in [6.07, 6.45) is 0.785. The number of nitro groups is 1. The second-order valence-corrected chi connectivity index (χ2v) is 5.21.